The highest BCUT2D eigenvalue weighted by atomic mass is 19.3. The molecule has 1 aliphatic rings. The SMILES string of the molecule is CC.Cc1ccc2c(C(=O)NCC(=O)N3CC(F)(F)CC3C#N)c[nH]c2c1. The maximum absolute atomic E-state index is 13.4. The van der Waals surface area contributed by atoms with Crippen molar-refractivity contribution in [1.29, 1.82) is 5.26 Å². The van der Waals surface area contributed by atoms with Crippen molar-refractivity contribution in [3.63, 3.8) is 0 Å². The number of nitrogens with one attached hydrogen (secondary N) is 2. The number of hydrogen-bond donors (Lipinski definition) is 2. The molecule has 0 bridgehead atoms. The van der Waals surface area contributed by atoms with Crippen molar-refractivity contribution in [3.8, 4) is 6.07 Å². The number of carbonyl (C=O) groups excluding carboxylic acids is 2. The maximum atomic E-state index is 13.4. The molecule has 0 spiro atoms. The molecule has 1 fully saturated rings. The van der Waals surface area contributed by atoms with Gasteiger partial charge in [-0.3, -0.25) is 9.59 Å². The zero-order chi connectivity index (χ0) is 20.2. The Morgan fingerprint density at radius 3 is 2.78 bits per heavy atom. The monoisotopic (exact) mass is 376 g/mol. The van der Waals surface area contributed by atoms with Crippen molar-refractivity contribution in [1.82, 2.24) is 15.2 Å². The van der Waals surface area contributed by atoms with Crippen LogP contribution in [0, 0.1) is 18.3 Å². The number of alkyl halides is 2. The Balaban J connectivity index is 0.00000126. The van der Waals surface area contributed by atoms with Crippen LogP contribution in [-0.2, 0) is 4.79 Å². The molecule has 1 atom stereocenters. The molecule has 1 aromatic heterocycles. The van der Waals surface area contributed by atoms with E-state index < -0.39 is 43.3 Å². The van der Waals surface area contributed by atoms with Crippen LogP contribution in [0.15, 0.2) is 24.4 Å². The summed E-state index contributed by atoms with van der Waals surface area (Å²) in [5, 5.41) is 12.1. The van der Waals surface area contributed by atoms with E-state index in [-0.39, 0.29) is 0 Å². The quantitative estimate of drug-likeness (QED) is 0.863. The van der Waals surface area contributed by atoms with Gasteiger partial charge in [-0.25, -0.2) is 8.78 Å². The fourth-order valence-corrected chi connectivity index (χ4v) is 2.97. The summed E-state index contributed by atoms with van der Waals surface area (Å²) in [6.07, 6.45) is 0.858. The fraction of sp³-hybridized carbons (Fsp3) is 0.421. The molecule has 1 saturated heterocycles. The van der Waals surface area contributed by atoms with E-state index in [2.05, 4.69) is 10.3 Å². The third-order valence-electron chi connectivity index (χ3n) is 4.22. The highest BCUT2D eigenvalue weighted by Gasteiger charge is 2.47. The standard InChI is InChI=1S/C17H16F2N4O2.C2H6/c1-10-2-3-12-13(7-21-14(12)4-10)16(25)22-8-15(24)23-9-17(18,19)5-11(23)6-20;1-2/h2-4,7,11,21H,5,8-9H2,1H3,(H,22,25);1-2H3. The number of aromatic amines is 1. The van der Waals surface area contributed by atoms with E-state index in [0.29, 0.717) is 10.9 Å². The molecule has 6 nitrogen and oxygen atoms in total. The lowest BCUT2D eigenvalue weighted by Crippen LogP contribution is -2.42. The van der Waals surface area contributed by atoms with Gasteiger partial charge in [0.25, 0.3) is 11.8 Å². The van der Waals surface area contributed by atoms with Crippen molar-refractivity contribution in [3.05, 3.63) is 35.5 Å². The molecule has 1 unspecified atom stereocenters. The van der Waals surface area contributed by atoms with Crippen molar-refractivity contribution < 1.29 is 18.4 Å². The first-order valence-corrected chi connectivity index (χ1v) is 8.73. The maximum Gasteiger partial charge on any atom is 0.268 e. The molecule has 2 amide bonds. The molecular formula is C19H22F2N4O2. The van der Waals surface area contributed by atoms with Gasteiger partial charge in [0.2, 0.25) is 5.91 Å². The van der Waals surface area contributed by atoms with Crippen molar-refractivity contribution >= 4 is 22.7 Å². The molecule has 0 saturated carbocycles. The second-order valence-electron chi connectivity index (χ2n) is 6.16. The Morgan fingerprint density at radius 1 is 1.41 bits per heavy atom. The summed E-state index contributed by atoms with van der Waals surface area (Å²) in [6, 6.07) is 6.08. The number of nitriles is 1. The second kappa shape index (κ2) is 8.16. The van der Waals surface area contributed by atoms with E-state index in [0.717, 1.165) is 16.0 Å². The molecule has 2 N–H and O–H groups in total. The molecule has 0 aliphatic carbocycles. The Kier molecular flexibility index (Phi) is 6.16. The minimum Gasteiger partial charge on any atom is -0.360 e. The number of fused-ring (bicyclic) bond motifs is 1. The summed E-state index contributed by atoms with van der Waals surface area (Å²) in [6.45, 7) is 4.69. The molecule has 2 aromatic rings. The van der Waals surface area contributed by atoms with E-state index in [1.165, 1.54) is 6.20 Å². The number of aromatic nitrogens is 1. The number of hydrogen-bond acceptors (Lipinski definition) is 3. The Bertz CT molecular complexity index is 885. The number of H-pyrrole nitrogens is 1. The molecular weight excluding hydrogens is 354 g/mol. The molecule has 1 aliphatic heterocycles. The number of rotatable bonds is 3. The summed E-state index contributed by atoms with van der Waals surface area (Å²) in [5.41, 5.74) is 2.19. The van der Waals surface area contributed by atoms with Gasteiger partial charge < -0.3 is 15.2 Å². The van der Waals surface area contributed by atoms with Crippen LogP contribution in [0.1, 0.15) is 36.2 Å². The lowest BCUT2D eigenvalue weighted by Gasteiger charge is -2.19. The van der Waals surface area contributed by atoms with Crippen LogP contribution < -0.4 is 5.32 Å². The summed E-state index contributed by atoms with van der Waals surface area (Å²) in [5.74, 6) is -4.26. The third-order valence-corrected chi connectivity index (χ3v) is 4.22. The van der Waals surface area contributed by atoms with Crippen molar-refractivity contribution in [2.75, 3.05) is 13.1 Å². The van der Waals surface area contributed by atoms with Gasteiger partial charge in [-0.2, -0.15) is 5.26 Å². The van der Waals surface area contributed by atoms with E-state index in [9.17, 15) is 18.4 Å². The van der Waals surface area contributed by atoms with Crippen LogP contribution in [-0.4, -0.2) is 46.8 Å². The average molecular weight is 376 g/mol. The van der Waals surface area contributed by atoms with Gasteiger partial charge in [0.1, 0.15) is 6.04 Å². The number of nitrogens with zero attached hydrogens (tertiary/aromatic N) is 2. The minimum absolute atomic E-state index is 0.367. The number of benzene rings is 1. The van der Waals surface area contributed by atoms with E-state index in [4.69, 9.17) is 5.26 Å². The molecule has 27 heavy (non-hydrogen) atoms. The Morgan fingerprint density at radius 2 is 2.11 bits per heavy atom. The summed E-state index contributed by atoms with van der Waals surface area (Å²) in [4.78, 5) is 28.2. The van der Waals surface area contributed by atoms with Crippen LogP contribution in [0.3, 0.4) is 0 Å². The third kappa shape index (κ3) is 4.42. The summed E-state index contributed by atoms with van der Waals surface area (Å²) >= 11 is 0. The normalized spacial score (nSPS) is 17.8. The number of aryl methyl sites for hydroxylation is 1. The summed E-state index contributed by atoms with van der Waals surface area (Å²) in [7, 11) is 0. The lowest BCUT2D eigenvalue weighted by molar-refractivity contribution is -0.131. The molecule has 1 aromatic carbocycles. The van der Waals surface area contributed by atoms with Crippen LogP contribution >= 0.6 is 0 Å². The highest BCUT2D eigenvalue weighted by molar-refractivity contribution is 6.07. The Hall–Kier alpha value is -2.95. The zero-order valence-electron chi connectivity index (χ0n) is 15.5. The predicted molar refractivity (Wildman–Crippen MR) is 97.4 cm³/mol. The second-order valence-corrected chi connectivity index (χ2v) is 6.16. The van der Waals surface area contributed by atoms with Crippen LogP contribution in [0.2, 0.25) is 0 Å². The number of carbonyl (C=O) groups is 2. The van der Waals surface area contributed by atoms with Gasteiger partial charge in [-0.15, -0.1) is 0 Å². The molecule has 0 radical (unpaired) electrons. The van der Waals surface area contributed by atoms with Gasteiger partial charge in [0.05, 0.1) is 24.7 Å². The average Bonchev–Trinajstić information content (AvgIpc) is 3.20. The van der Waals surface area contributed by atoms with E-state index in [1.54, 1.807) is 12.1 Å². The van der Waals surface area contributed by atoms with Crippen LogP contribution in [0.25, 0.3) is 10.9 Å². The van der Waals surface area contributed by atoms with Crippen LogP contribution in [0.4, 0.5) is 8.78 Å². The lowest BCUT2D eigenvalue weighted by atomic mass is 10.1. The van der Waals surface area contributed by atoms with Crippen molar-refractivity contribution in [2.45, 2.75) is 39.2 Å². The van der Waals surface area contributed by atoms with Gasteiger partial charge in [-0.05, 0) is 18.6 Å². The van der Waals surface area contributed by atoms with Gasteiger partial charge in [-0.1, -0.05) is 26.0 Å². The highest BCUT2D eigenvalue weighted by Crippen LogP contribution is 2.31. The molecule has 144 valence electrons. The minimum atomic E-state index is -3.07. The molecule has 2 heterocycles. The van der Waals surface area contributed by atoms with Crippen molar-refractivity contribution in [2.24, 2.45) is 0 Å². The summed E-state index contributed by atoms with van der Waals surface area (Å²) < 4.78 is 26.8. The van der Waals surface area contributed by atoms with Gasteiger partial charge >= 0.3 is 0 Å². The first kappa shape index (κ1) is 20.4. The predicted octanol–water partition coefficient (Wildman–Crippen LogP) is 2.99. The first-order chi connectivity index (χ1) is 12.8. The van der Waals surface area contributed by atoms with E-state index >= 15 is 0 Å². The largest absolute Gasteiger partial charge is 0.360 e. The zero-order valence-corrected chi connectivity index (χ0v) is 15.5. The van der Waals surface area contributed by atoms with Gasteiger partial charge in [0, 0.05) is 23.5 Å². The molecule has 3 rings (SSSR count). The van der Waals surface area contributed by atoms with Crippen LogP contribution in [0.5, 0.6) is 0 Å². The fourth-order valence-electron chi connectivity index (χ4n) is 2.97. The number of amides is 2. The molecule has 8 heteroatoms. The Labute approximate surface area is 156 Å². The topological polar surface area (TPSA) is 89.0 Å². The first-order valence-electron chi connectivity index (χ1n) is 8.73. The number of halogens is 2. The van der Waals surface area contributed by atoms with E-state index in [1.807, 2.05) is 32.9 Å². The number of likely N-dealkylation sites (tertiary alicyclic amines) is 1. The smallest absolute Gasteiger partial charge is 0.268 e. The van der Waals surface area contributed by atoms with Gasteiger partial charge in [0.15, 0.2) is 0 Å².